The predicted octanol–water partition coefficient (Wildman–Crippen LogP) is 4.07. The molecule has 2 aromatic rings. The minimum absolute atomic E-state index is 0.0157. The highest BCUT2D eigenvalue weighted by Gasteiger charge is 2.31. The molecule has 1 aromatic heterocycles. The maximum atomic E-state index is 6.06. The number of aromatic nitrogens is 1. The molecule has 0 saturated heterocycles. The number of pyridine rings is 1. The number of hydrogen-bond acceptors (Lipinski definition) is 3. The van der Waals surface area contributed by atoms with Crippen LogP contribution in [0.1, 0.15) is 32.1 Å². The number of anilines is 1. The number of nitrogens with one attached hydrogen (secondary N) is 1. The van der Waals surface area contributed by atoms with Crippen LogP contribution in [0.3, 0.4) is 0 Å². The summed E-state index contributed by atoms with van der Waals surface area (Å²) in [5.41, 5.74) is 6.08. The number of nitrogens with two attached hydrogens (primary N) is 1. The van der Waals surface area contributed by atoms with Crippen molar-refractivity contribution in [3.8, 4) is 0 Å². The van der Waals surface area contributed by atoms with E-state index in [4.69, 9.17) is 5.73 Å². The molecule has 4 heteroatoms. The number of hydrogen-bond donors (Lipinski definition) is 2. The van der Waals surface area contributed by atoms with Crippen LogP contribution >= 0.6 is 15.9 Å². The molecule has 1 aliphatic rings. The first-order valence-electron chi connectivity index (χ1n) is 7.26. The van der Waals surface area contributed by atoms with Crippen molar-refractivity contribution in [1.29, 1.82) is 0 Å². The summed E-state index contributed by atoms with van der Waals surface area (Å²) in [7, 11) is 0. The normalized spacial score (nSPS) is 18.1. The van der Waals surface area contributed by atoms with E-state index in [1.807, 2.05) is 12.3 Å². The summed E-state index contributed by atoms with van der Waals surface area (Å²) < 4.78 is 1.10. The molecular weight excluding hydrogens is 314 g/mol. The van der Waals surface area contributed by atoms with E-state index >= 15 is 0 Å². The first-order valence-corrected chi connectivity index (χ1v) is 8.05. The number of fused-ring (bicyclic) bond motifs is 1. The zero-order valence-corrected chi connectivity index (χ0v) is 13.1. The Hall–Kier alpha value is -1.13. The summed E-state index contributed by atoms with van der Waals surface area (Å²) in [6.45, 7) is 0.666. The molecule has 1 aliphatic carbocycles. The molecule has 0 unspecified atom stereocenters. The zero-order chi connectivity index (χ0) is 14.0. The van der Waals surface area contributed by atoms with E-state index in [9.17, 15) is 0 Å². The van der Waals surface area contributed by atoms with Gasteiger partial charge in [0, 0.05) is 28.0 Å². The maximum Gasteiger partial charge on any atom is 0.134 e. The van der Waals surface area contributed by atoms with Crippen LogP contribution in [-0.2, 0) is 0 Å². The van der Waals surface area contributed by atoms with Gasteiger partial charge in [-0.25, -0.2) is 4.98 Å². The van der Waals surface area contributed by atoms with Gasteiger partial charge >= 0.3 is 0 Å². The molecule has 0 spiro atoms. The van der Waals surface area contributed by atoms with Gasteiger partial charge in [-0.15, -0.1) is 0 Å². The average Bonchev–Trinajstić information content (AvgIpc) is 2.49. The van der Waals surface area contributed by atoms with E-state index in [2.05, 4.69) is 44.4 Å². The molecule has 0 bridgehead atoms. The van der Waals surface area contributed by atoms with Gasteiger partial charge in [-0.2, -0.15) is 0 Å². The van der Waals surface area contributed by atoms with Gasteiger partial charge in [0.05, 0.1) is 5.54 Å². The second-order valence-electron chi connectivity index (χ2n) is 5.66. The van der Waals surface area contributed by atoms with Crippen LogP contribution in [0.15, 0.2) is 34.9 Å². The van der Waals surface area contributed by atoms with Gasteiger partial charge in [0.15, 0.2) is 0 Å². The Morgan fingerprint density at radius 3 is 2.70 bits per heavy atom. The lowest BCUT2D eigenvalue weighted by atomic mass is 9.81. The van der Waals surface area contributed by atoms with E-state index in [1.54, 1.807) is 0 Å². The topological polar surface area (TPSA) is 50.9 Å². The fourth-order valence-electron chi connectivity index (χ4n) is 3.13. The van der Waals surface area contributed by atoms with E-state index < -0.39 is 0 Å². The Bertz CT molecular complexity index is 606. The van der Waals surface area contributed by atoms with E-state index in [0.29, 0.717) is 6.54 Å². The van der Waals surface area contributed by atoms with Crippen molar-refractivity contribution in [2.45, 2.75) is 37.6 Å². The number of rotatable bonds is 3. The van der Waals surface area contributed by atoms with Crippen LogP contribution in [0.4, 0.5) is 5.82 Å². The van der Waals surface area contributed by atoms with Crippen LogP contribution in [0.5, 0.6) is 0 Å². The van der Waals surface area contributed by atoms with Gasteiger partial charge in [0.25, 0.3) is 0 Å². The molecule has 1 saturated carbocycles. The second kappa shape index (κ2) is 5.70. The van der Waals surface area contributed by atoms with Gasteiger partial charge in [-0.05, 0) is 25.0 Å². The Labute approximate surface area is 128 Å². The van der Waals surface area contributed by atoms with Crippen molar-refractivity contribution < 1.29 is 0 Å². The maximum absolute atomic E-state index is 6.06. The predicted molar refractivity (Wildman–Crippen MR) is 87.9 cm³/mol. The lowest BCUT2D eigenvalue weighted by Gasteiger charge is -2.37. The molecular formula is C16H20BrN3. The molecule has 106 valence electrons. The van der Waals surface area contributed by atoms with Gasteiger partial charge < -0.3 is 11.1 Å². The molecule has 1 fully saturated rings. The molecule has 3 rings (SSSR count). The lowest BCUT2D eigenvalue weighted by molar-refractivity contribution is 0.330. The van der Waals surface area contributed by atoms with E-state index in [1.165, 1.54) is 24.6 Å². The van der Waals surface area contributed by atoms with Crippen LogP contribution in [0.2, 0.25) is 0 Å². The molecule has 0 atom stereocenters. The number of halogens is 1. The van der Waals surface area contributed by atoms with E-state index in [-0.39, 0.29) is 5.54 Å². The molecule has 0 amide bonds. The summed E-state index contributed by atoms with van der Waals surface area (Å²) in [5, 5.41) is 6.00. The van der Waals surface area contributed by atoms with E-state index in [0.717, 1.165) is 28.5 Å². The van der Waals surface area contributed by atoms with Gasteiger partial charge in [-0.3, -0.25) is 0 Å². The Balaban J connectivity index is 2.00. The third-order valence-corrected chi connectivity index (χ3v) is 5.03. The zero-order valence-electron chi connectivity index (χ0n) is 11.5. The number of benzene rings is 1. The first kappa shape index (κ1) is 13.8. The minimum atomic E-state index is 0.0157. The van der Waals surface area contributed by atoms with Crippen molar-refractivity contribution >= 4 is 32.5 Å². The second-order valence-corrected chi connectivity index (χ2v) is 6.52. The summed E-state index contributed by atoms with van der Waals surface area (Å²) >= 11 is 3.61. The molecule has 1 heterocycles. The summed E-state index contributed by atoms with van der Waals surface area (Å²) in [6, 6.07) is 8.27. The first-order chi connectivity index (χ1) is 9.74. The molecule has 20 heavy (non-hydrogen) atoms. The molecule has 0 radical (unpaired) electrons. The highest BCUT2D eigenvalue weighted by Crippen LogP contribution is 2.34. The minimum Gasteiger partial charge on any atom is -0.363 e. The highest BCUT2D eigenvalue weighted by molar-refractivity contribution is 9.10. The Morgan fingerprint density at radius 1 is 1.15 bits per heavy atom. The molecule has 0 aliphatic heterocycles. The van der Waals surface area contributed by atoms with Crippen molar-refractivity contribution in [1.82, 2.24) is 4.98 Å². The quantitative estimate of drug-likeness (QED) is 0.890. The van der Waals surface area contributed by atoms with Crippen LogP contribution in [0.25, 0.3) is 10.8 Å². The van der Waals surface area contributed by atoms with Gasteiger partial charge in [0.2, 0.25) is 0 Å². The largest absolute Gasteiger partial charge is 0.363 e. The highest BCUT2D eigenvalue weighted by atomic mass is 79.9. The fraction of sp³-hybridized carbons (Fsp3) is 0.438. The van der Waals surface area contributed by atoms with Gasteiger partial charge in [0.1, 0.15) is 5.82 Å². The average molecular weight is 334 g/mol. The lowest BCUT2D eigenvalue weighted by Crippen LogP contribution is -2.47. The molecule has 3 nitrogen and oxygen atoms in total. The van der Waals surface area contributed by atoms with Crippen molar-refractivity contribution in [2.24, 2.45) is 5.73 Å². The smallest absolute Gasteiger partial charge is 0.134 e. The third-order valence-electron chi connectivity index (χ3n) is 4.34. The SMILES string of the molecule is NCC1(Nc2nccc3c(Br)cccc23)CCCCC1. The van der Waals surface area contributed by atoms with Crippen LogP contribution in [0, 0.1) is 0 Å². The fourth-order valence-corrected chi connectivity index (χ4v) is 3.63. The van der Waals surface area contributed by atoms with Crippen molar-refractivity contribution in [3.05, 3.63) is 34.9 Å². The standard InChI is InChI=1S/C16H20BrN3/c17-14-6-4-5-13-12(14)7-10-19-15(13)20-16(11-18)8-2-1-3-9-16/h4-7,10H,1-3,8-9,11,18H2,(H,19,20). The molecule has 3 N–H and O–H groups in total. The van der Waals surface area contributed by atoms with Crippen molar-refractivity contribution in [2.75, 3.05) is 11.9 Å². The number of nitrogens with zero attached hydrogens (tertiary/aromatic N) is 1. The summed E-state index contributed by atoms with van der Waals surface area (Å²) in [5.74, 6) is 0.955. The Morgan fingerprint density at radius 2 is 1.95 bits per heavy atom. The monoisotopic (exact) mass is 333 g/mol. The van der Waals surface area contributed by atoms with Crippen molar-refractivity contribution in [3.63, 3.8) is 0 Å². The third kappa shape index (κ3) is 2.54. The summed E-state index contributed by atoms with van der Waals surface area (Å²) in [6.07, 6.45) is 7.95. The molecule has 1 aromatic carbocycles. The van der Waals surface area contributed by atoms with Crippen LogP contribution < -0.4 is 11.1 Å². The van der Waals surface area contributed by atoms with Gasteiger partial charge in [-0.1, -0.05) is 47.3 Å². The Kier molecular flexibility index (Phi) is 3.94. The summed E-state index contributed by atoms with van der Waals surface area (Å²) in [4.78, 5) is 4.55. The van der Waals surface area contributed by atoms with Crippen LogP contribution in [-0.4, -0.2) is 17.1 Å².